The van der Waals surface area contributed by atoms with Crippen molar-refractivity contribution < 1.29 is 89.4 Å². The van der Waals surface area contributed by atoms with Gasteiger partial charge in [-0.25, -0.2) is 0 Å². The number of unbranched alkanes of at least 4 members (excludes halogenated alkanes) is 36. The van der Waals surface area contributed by atoms with Gasteiger partial charge in [-0.3, -0.25) is 4.79 Å². The van der Waals surface area contributed by atoms with Gasteiger partial charge in [0.25, 0.3) is 0 Å². The van der Waals surface area contributed by atoms with Crippen molar-refractivity contribution in [2.24, 2.45) is 0 Å². The van der Waals surface area contributed by atoms with Crippen molar-refractivity contribution >= 4 is 5.91 Å². The van der Waals surface area contributed by atoms with E-state index in [1.807, 2.05) is 6.08 Å². The first kappa shape index (κ1) is 85.0. The van der Waals surface area contributed by atoms with Crippen LogP contribution in [0.25, 0.3) is 0 Å². The lowest BCUT2D eigenvalue weighted by Crippen LogP contribution is -2.66. The lowest BCUT2D eigenvalue weighted by molar-refractivity contribution is -0.379. The zero-order chi connectivity index (χ0) is 67.5. The second-order valence-electron chi connectivity index (χ2n) is 26.7. The smallest absolute Gasteiger partial charge is 0.220 e. The summed E-state index contributed by atoms with van der Waals surface area (Å²) in [5.74, 6) is -0.285. The van der Waals surface area contributed by atoms with Gasteiger partial charge in [-0.2, -0.15) is 0 Å². The van der Waals surface area contributed by atoms with Gasteiger partial charge in [0.2, 0.25) is 5.91 Å². The molecule has 3 saturated heterocycles. The maximum absolute atomic E-state index is 13.4. The van der Waals surface area contributed by atoms with E-state index in [2.05, 4.69) is 55.6 Å². The van der Waals surface area contributed by atoms with Gasteiger partial charge in [-0.15, -0.1) is 0 Å². The molecule has 3 rings (SSSR count). The van der Waals surface area contributed by atoms with E-state index >= 15 is 0 Å². The maximum atomic E-state index is 13.4. The summed E-state index contributed by atoms with van der Waals surface area (Å²) in [6.45, 7) is 1.73. The Hall–Kier alpha value is -2.25. The van der Waals surface area contributed by atoms with Crippen LogP contribution in [0.5, 0.6) is 0 Å². The Labute approximate surface area is 561 Å². The summed E-state index contributed by atoms with van der Waals surface area (Å²) in [7, 11) is 0. The van der Waals surface area contributed by atoms with E-state index in [1.165, 1.54) is 199 Å². The largest absolute Gasteiger partial charge is 0.394 e. The summed E-state index contributed by atoms with van der Waals surface area (Å²) in [5.41, 5.74) is 0. The summed E-state index contributed by atoms with van der Waals surface area (Å²) in [4.78, 5) is 13.4. The predicted molar refractivity (Wildman–Crippen MR) is 365 cm³/mol. The van der Waals surface area contributed by atoms with Crippen LogP contribution in [-0.2, 0) is 33.2 Å². The summed E-state index contributed by atoms with van der Waals surface area (Å²) in [5, 5.41) is 121. The Bertz CT molecular complexity index is 1870. The van der Waals surface area contributed by atoms with Crippen molar-refractivity contribution in [3.63, 3.8) is 0 Å². The van der Waals surface area contributed by atoms with Gasteiger partial charge in [-0.05, 0) is 64.2 Å². The molecule has 12 N–H and O–H groups in total. The van der Waals surface area contributed by atoms with Gasteiger partial charge in [0.15, 0.2) is 18.9 Å². The van der Waals surface area contributed by atoms with E-state index in [9.17, 15) is 61.0 Å². The third-order valence-electron chi connectivity index (χ3n) is 18.6. The fourth-order valence-electron chi connectivity index (χ4n) is 12.5. The summed E-state index contributed by atoms with van der Waals surface area (Å²) >= 11 is 0. The number of nitrogens with one attached hydrogen (secondary N) is 1. The SMILES string of the molecule is CCCCCCC/C=C\C/C=C\CCCCCCCCCCCCCC(=O)NC(COC1OC(CO)C(OC2OC(CO)C(OC3OC(CO)C(O)C(O)C3O)C(O)C2O)C(O)C1O)C(O)/C=C/CC/C=C/CCCCCCCCCCCCCCCCCCCCC. The van der Waals surface area contributed by atoms with Crippen molar-refractivity contribution in [1.29, 1.82) is 0 Å². The number of carbonyl (C=O) groups excluding carboxylic acids is 1. The fourth-order valence-corrected chi connectivity index (χ4v) is 12.5. The quantitative estimate of drug-likeness (QED) is 0.0199. The number of carbonyl (C=O) groups is 1. The van der Waals surface area contributed by atoms with Gasteiger partial charge < -0.3 is 89.9 Å². The molecule has 1 amide bonds. The minimum absolute atomic E-state index is 0.233. The molecule has 0 aromatic heterocycles. The highest BCUT2D eigenvalue weighted by Crippen LogP contribution is 2.33. The molecular weight excluding hydrogens is 1190 g/mol. The molecule has 17 unspecified atom stereocenters. The molecule has 0 bridgehead atoms. The Morgan fingerprint density at radius 2 is 0.720 bits per heavy atom. The molecule has 0 aromatic rings. The monoisotopic (exact) mass is 1330 g/mol. The molecule has 19 nitrogen and oxygen atoms in total. The summed E-state index contributed by atoms with van der Waals surface area (Å²) in [6.07, 6.45) is 40.9. The average molecular weight is 1330 g/mol. The summed E-state index contributed by atoms with van der Waals surface area (Å²) < 4.78 is 34.4. The van der Waals surface area contributed by atoms with Crippen LogP contribution in [0.4, 0.5) is 0 Å². The molecule has 3 heterocycles. The second kappa shape index (κ2) is 55.6. The van der Waals surface area contributed by atoms with E-state index in [0.717, 1.165) is 51.4 Å². The third kappa shape index (κ3) is 37.0. The maximum Gasteiger partial charge on any atom is 0.220 e. The molecule has 0 radical (unpaired) electrons. The van der Waals surface area contributed by atoms with E-state index in [-0.39, 0.29) is 18.9 Å². The normalized spacial score (nSPS) is 27.8. The Balaban J connectivity index is 1.43. The number of hydrogen-bond donors (Lipinski definition) is 12. The number of hydrogen-bond acceptors (Lipinski definition) is 18. The van der Waals surface area contributed by atoms with E-state index in [4.69, 9.17) is 28.4 Å². The molecule has 17 atom stereocenters. The number of ether oxygens (including phenoxy) is 6. The molecule has 3 fully saturated rings. The van der Waals surface area contributed by atoms with Crippen molar-refractivity contribution in [3.05, 3.63) is 48.6 Å². The number of aliphatic hydroxyl groups is 11. The number of rotatable bonds is 58. The van der Waals surface area contributed by atoms with Crippen LogP contribution < -0.4 is 5.32 Å². The van der Waals surface area contributed by atoms with Crippen LogP contribution in [0.1, 0.15) is 284 Å². The molecule has 19 heteroatoms. The number of allylic oxidation sites excluding steroid dienone is 7. The average Bonchev–Trinajstić information content (AvgIpc) is 0.814. The van der Waals surface area contributed by atoms with Gasteiger partial charge in [0, 0.05) is 6.42 Å². The first-order valence-corrected chi connectivity index (χ1v) is 37.4. The van der Waals surface area contributed by atoms with Crippen molar-refractivity contribution in [2.75, 3.05) is 26.4 Å². The van der Waals surface area contributed by atoms with Crippen LogP contribution >= 0.6 is 0 Å². The van der Waals surface area contributed by atoms with Crippen LogP contribution in [0.2, 0.25) is 0 Å². The molecule has 544 valence electrons. The molecule has 0 spiro atoms. The minimum atomic E-state index is -1.98. The zero-order valence-corrected chi connectivity index (χ0v) is 57.7. The lowest BCUT2D eigenvalue weighted by atomic mass is 9.96. The van der Waals surface area contributed by atoms with Crippen LogP contribution in [0, 0.1) is 0 Å². The second-order valence-corrected chi connectivity index (χ2v) is 26.7. The topological polar surface area (TPSA) is 307 Å². The van der Waals surface area contributed by atoms with Crippen molar-refractivity contribution in [3.8, 4) is 0 Å². The Kier molecular flexibility index (Phi) is 50.8. The third-order valence-corrected chi connectivity index (χ3v) is 18.6. The highest BCUT2D eigenvalue weighted by molar-refractivity contribution is 5.76. The molecule has 0 saturated carbocycles. The summed E-state index contributed by atoms with van der Waals surface area (Å²) in [6, 6.07) is -0.993. The van der Waals surface area contributed by atoms with Crippen LogP contribution in [0.3, 0.4) is 0 Å². The van der Waals surface area contributed by atoms with Gasteiger partial charge in [0.05, 0.1) is 38.6 Å². The molecular formula is C74H135NO18. The highest BCUT2D eigenvalue weighted by Gasteiger charge is 2.53. The van der Waals surface area contributed by atoms with Crippen LogP contribution in [-0.4, -0.2) is 193 Å². The molecule has 0 aliphatic carbocycles. The van der Waals surface area contributed by atoms with E-state index in [0.29, 0.717) is 12.8 Å². The molecule has 3 aliphatic rings. The van der Waals surface area contributed by atoms with Gasteiger partial charge in [-0.1, -0.05) is 262 Å². The van der Waals surface area contributed by atoms with Gasteiger partial charge >= 0.3 is 0 Å². The van der Waals surface area contributed by atoms with E-state index in [1.54, 1.807) is 6.08 Å². The standard InChI is InChI=1S/C74H135NO18/c1-3-5-7-9-11-13-15-17-19-21-23-25-27-28-30-31-33-35-37-39-41-43-45-47-49-51-58(79)57(75-62(80)52-50-48-46-44-42-40-38-36-34-32-29-26-24-22-20-18-16-14-12-10-8-6-4-2)56-88-72-68(86)65(83)70(60(54-77)90-72)93-74-69(87)66(84)71(61(55-78)91-74)92-73-67(85)64(82)63(81)59(53-76)89-73/h16,18,22,24,41,43,49,51,57-61,63-74,76-79,81-87H,3-15,17,19-21,23,25-40,42,44-48,50,52-56H2,1-2H3,(H,75,80)/b18-16-,24-22-,43-41+,51-49+. The first-order chi connectivity index (χ1) is 45.3. The van der Waals surface area contributed by atoms with E-state index < -0.39 is 124 Å². The van der Waals surface area contributed by atoms with Crippen molar-refractivity contribution in [2.45, 2.75) is 388 Å². The Morgan fingerprint density at radius 3 is 1.14 bits per heavy atom. The predicted octanol–water partition coefficient (Wildman–Crippen LogP) is 10.9. The molecule has 3 aliphatic heterocycles. The van der Waals surface area contributed by atoms with Gasteiger partial charge in [0.1, 0.15) is 73.2 Å². The fraction of sp³-hybridized carbons (Fsp3) is 0.878. The first-order valence-electron chi connectivity index (χ1n) is 37.4. The van der Waals surface area contributed by atoms with Crippen LogP contribution in [0.15, 0.2) is 48.6 Å². The lowest BCUT2D eigenvalue weighted by Gasteiger charge is -2.48. The molecule has 93 heavy (non-hydrogen) atoms. The number of aliphatic hydroxyl groups excluding tert-OH is 11. The highest BCUT2D eigenvalue weighted by atomic mass is 16.8. The minimum Gasteiger partial charge on any atom is -0.394 e. The number of amides is 1. The van der Waals surface area contributed by atoms with Crippen molar-refractivity contribution in [1.82, 2.24) is 5.32 Å². The Morgan fingerprint density at radius 1 is 0.387 bits per heavy atom. The zero-order valence-electron chi connectivity index (χ0n) is 57.7. The molecule has 0 aromatic carbocycles.